The van der Waals surface area contributed by atoms with Crippen LogP contribution in [0.1, 0.15) is 81.2 Å². The molecule has 5 heterocycles. The number of benzene rings is 2. The van der Waals surface area contributed by atoms with Crippen LogP contribution in [0, 0.1) is 53.1 Å². The van der Waals surface area contributed by atoms with Gasteiger partial charge in [-0.25, -0.2) is 23.6 Å². The molecule has 2 unspecified atom stereocenters. The normalized spacial score (nSPS) is 18.5. The number of aliphatic hydroxyl groups excluding tert-OH is 1. The zero-order valence-corrected chi connectivity index (χ0v) is 45.3. The van der Waals surface area contributed by atoms with Crippen molar-refractivity contribution in [2.24, 2.45) is 22.7 Å². The lowest BCUT2D eigenvalue weighted by Crippen LogP contribution is -2.62. The second-order valence-electron chi connectivity index (χ2n) is 21.8. The van der Waals surface area contributed by atoms with E-state index in [1.807, 2.05) is 17.4 Å². The van der Waals surface area contributed by atoms with Crippen molar-refractivity contribution in [1.29, 1.82) is 0 Å². The molecule has 6 atom stereocenters. The van der Waals surface area contributed by atoms with Gasteiger partial charge in [0.25, 0.3) is 0 Å². The molecule has 0 saturated carbocycles. The number of fused-ring (bicyclic) bond motifs is 2. The first kappa shape index (κ1) is 60.9. The van der Waals surface area contributed by atoms with Crippen molar-refractivity contribution in [3.8, 4) is 23.1 Å². The Morgan fingerprint density at radius 2 is 1.41 bits per heavy atom. The van der Waals surface area contributed by atoms with Crippen LogP contribution in [0.4, 0.5) is 45.7 Å². The maximum absolute atomic E-state index is 16.1. The number of hydrogen-bond acceptors (Lipinski definition) is 13. The summed E-state index contributed by atoms with van der Waals surface area (Å²) in [6.07, 6.45) is -10.5. The number of carbonyl (C=O) groups excluding carboxylic acids is 4. The molecular weight excluding hydrogens is 1060 g/mol. The summed E-state index contributed by atoms with van der Waals surface area (Å²) >= 11 is 0. The molecule has 2 amide bonds. The number of esters is 1. The van der Waals surface area contributed by atoms with E-state index in [4.69, 9.17) is 9.72 Å². The predicted octanol–water partition coefficient (Wildman–Crippen LogP) is 8.27. The number of methoxy groups -OCH3 is 2. The van der Waals surface area contributed by atoms with Crippen molar-refractivity contribution in [2.75, 3.05) is 52.0 Å². The minimum Gasteiger partial charge on any atom is -0.469 e. The first-order valence-corrected chi connectivity index (χ1v) is 26.0. The number of aryl methyl sites for hydroxylation is 1. The van der Waals surface area contributed by atoms with Crippen LogP contribution in [-0.2, 0) is 41.6 Å². The highest BCUT2D eigenvalue weighted by Crippen LogP contribution is 2.46. The van der Waals surface area contributed by atoms with Gasteiger partial charge in [-0.1, -0.05) is 43.9 Å². The fraction of sp³-hybridized carbons (Fsp3) is 0.509. The van der Waals surface area contributed by atoms with Gasteiger partial charge in [-0.3, -0.25) is 29.7 Å². The molecule has 432 valence electrons. The number of alkyl carbamates (subject to hydrolysis) is 1. The second-order valence-corrected chi connectivity index (χ2v) is 21.8. The fourth-order valence-electron chi connectivity index (χ4n) is 10.3. The first-order valence-electron chi connectivity index (χ1n) is 26.0. The Morgan fingerprint density at radius 3 is 1.94 bits per heavy atom. The van der Waals surface area contributed by atoms with Crippen LogP contribution in [0.5, 0.6) is 0 Å². The second kappa shape index (κ2) is 25.0. The van der Waals surface area contributed by atoms with E-state index in [1.165, 1.54) is 12.3 Å². The molecule has 2 bridgehead atoms. The standard InChI is InChI=1S/C57H65F8N7O8/c1-33-8-18-46(66-25-33)37-21-44(58)42(45(59)22-37)29-71(69-52(76)43(24-50(75)78-6)54(2,3)56(60,61)62)30-48(74)38(23-47(73)51(68-53(77)79-7)55(4,5)57(63,64)65)20-35-12-9-34(10-13-35)11-14-36-15-19-49(67-26-36)70-27-39-16-17-40(28-70)72(39)41-31-80-32-41/h8-10,12-13,15,18-19,21-22,25-26,38-41,43,48,51,74H,16-17,20,23-24,27-32H2,1-7H3,(H,68,77)(H,69,76)/t38-,39?,40?,43-,48+,51-/m1/s1. The molecule has 4 aromatic rings. The van der Waals surface area contributed by atoms with E-state index in [0.717, 1.165) is 76.9 Å². The molecule has 2 aromatic carbocycles. The molecule has 3 fully saturated rings. The van der Waals surface area contributed by atoms with Gasteiger partial charge in [-0.15, -0.1) is 0 Å². The highest BCUT2D eigenvalue weighted by atomic mass is 19.4. The Morgan fingerprint density at radius 1 is 0.800 bits per heavy atom. The lowest BCUT2D eigenvalue weighted by molar-refractivity contribution is -0.231. The van der Waals surface area contributed by atoms with Crippen LogP contribution in [0.25, 0.3) is 11.3 Å². The number of rotatable bonds is 20. The third-order valence-corrected chi connectivity index (χ3v) is 15.6. The number of ketones is 1. The predicted molar refractivity (Wildman–Crippen MR) is 277 cm³/mol. The number of halogens is 8. The maximum atomic E-state index is 16.1. The van der Waals surface area contributed by atoms with Crippen LogP contribution >= 0.6 is 0 Å². The number of nitrogens with one attached hydrogen (secondary N) is 2. The number of alkyl halides is 6. The number of nitrogens with zero attached hydrogens (tertiary/aromatic N) is 5. The fourth-order valence-corrected chi connectivity index (χ4v) is 10.3. The highest BCUT2D eigenvalue weighted by Gasteiger charge is 2.57. The Balaban J connectivity index is 1.18. The largest absolute Gasteiger partial charge is 0.469 e. The number of aliphatic hydroxyl groups is 1. The zero-order chi connectivity index (χ0) is 58.5. The van der Waals surface area contributed by atoms with E-state index < -0.39 is 114 Å². The maximum Gasteiger partial charge on any atom is 0.407 e. The molecule has 15 nitrogen and oxygen atoms in total. The molecule has 7 rings (SSSR count). The summed E-state index contributed by atoms with van der Waals surface area (Å²) in [5.74, 6) is -3.05. The summed E-state index contributed by atoms with van der Waals surface area (Å²) in [7, 11) is 1.76. The van der Waals surface area contributed by atoms with Crippen molar-refractivity contribution in [1.82, 2.24) is 30.6 Å². The van der Waals surface area contributed by atoms with Gasteiger partial charge in [0.2, 0.25) is 5.91 Å². The summed E-state index contributed by atoms with van der Waals surface area (Å²) < 4.78 is 135. The van der Waals surface area contributed by atoms with E-state index >= 15 is 8.78 Å². The van der Waals surface area contributed by atoms with E-state index in [2.05, 4.69) is 41.5 Å². The smallest absolute Gasteiger partial charge is 0.407 e. The number of hydrazine groups is 1. The van der Waals surface area contributed by atoms with Crippen molar-refractivity contribution in [3.05, 3.63) is 113 Å². The minimum absolute atomic E-state index is 0.00503. The number of piperazine rings is 1. The minimum atomic E-state index is -5.11. The van der Waals surface area contributed by atoms with Gasteiger partial charge in [-0.05, 0) is 99.5 Å². The van der Waals surface area contributed by atoms with Crippen LogP contribution in [0.2, 0.25) is 0 Å². The molecule has 23 heteroatoms. The summed E-state index contributed by atoms with van der Waals surface area (Å²) in [6, 6.07) is 14.2. The molecule has 80 heavy (non-hydrogen) atoms. The number of aromatic nitrogens is 2. The number of Topliss-reactive ketones (excluding diaryl/α,β-unsaturated/α-hetero) is 1. The van der Waals surface area contributed by atoms with Crippen LogP contribution in [0.3, 0.4) is 0 Å². The molecule has 0 spiro atoms. The van der Waals surface area contributed by atoms with Crippen molar-refractivity contribution in [3.63, 3.8) is 0 Å². The van der Waals surface area contributed by atoms with Gasteiger partial charge >= 0.3 is 24.4 Å². The number of carbonyl (C=O) groups is 4. The van der Waals surface area contributed by atoms with E-state index in [-0.39, 0.29) is 17.7 Å². The number of anilines is 1. The molecule has 3 aliphatic heterocycles. The van der Waals surface area contributed by atoms with Gasteiger partial charge < -0.3 is 29.5 Å². The van der Waals surface area contributed by atoms with Crippen LogP contribution < -0.4 is 15.6 Å². The SMILES string of the molecule is COC(=O)C[C@H](C(=O)NN(Cc1c(F)cc(-c2ccc(C)cn2)cc1F)C[C@H](O)[C@@H](CC(=O)[C@@H](NC(=O)OC)C(C)(C)C(F)(F)F)Cc1ccc(C#Cc2ccc(N3CC4CCC(C3)N4C3COC3)nc2)cc1)C(C)(C)C(F)(F)F. The summed E-state index contributed by atoms with van der Waals surface area (Å²) in [6.45, 7) is 5.73. The number of pyridine rings is 2. The molecule has 3 N–H and O–H groups in total. The molecule has 0 radical (unpaired) electrons. The van der Waals surface area contributed by atoms with Gasteiger partial charge in [-0.2, -0.15) is 26.3 Å². The average molecular weight is 1130 g/mol. The molecular formula is C57H65F8N7O8. The Labute approximate surface area is 458 Å². The van der Waals surface area contributed by atoms with Crippen molar-refractivity contribution in [2.45, 2.75) is 116 Å². The zero-order valence-electron chi connectivity index (χ0n) is 45.3. The summed E-state index contributed by atoms with van der Waals surface area (Å²) in [4.78, 5) is 67.1. The van der Waals surface area contributed by atoms with Crippen LogP contribution in [-0.4, -0.2) is 138 Å². The summed E-state index contributed by atoms with van der Waals surface area (Å²) in [5, 5.41) is 14.8. The monoisotopic (exact) mass is 1130 g/mol. The third-order valence-electron chi connectivity index (χ3n) is 15.6. The molecule has 3 saturated heterocycles. The van der Waals surface area contributed by atoms with E-state index in [1.54, 1.807) is 43.5 Å². The molecule has 2 aromatic heterocycles. The van der Waals surface area contributed by atoms with Crippen molar-refractivity contribution >= 4 is 29.6 Å². The number of amides is 2. The Kier molecular flexibility index (Phi) is 19.0. The number of ether oxygens (including phenoxy) is 3. The van der Waals surface area contributed by atoms with Crippen molar-refractivity contribution < 1.29 is 73.6 Å². The topological polar surface area (TPSA) is 176 Å². The third kappa shape index (κ3) is 14.2. The Hall–Kier alpha value is -6.74. The van der Waals surface area contributed by atoms with Gasteiger partial charge in [0.15, 0.2) is 5.78 Å². The quantitative estimate of drug-likeness (QED) is 0.0334. The lowest BCUT2D eigenvalue weighted by atomic mass is 9.75. The van der Waals surface area contributed by atoms with Gasteiger partial charge in [0.05, 0.1) is 68.4 Å². The van der Waals surface area contributed by atoms with Crippen LogP contribution in [0.15, 0.2) is 73.1 Å². The molecule has 3 aliphatic rings. The Bertz CT molecular complexity index is 2870. The van der Waals surface area contributed by atoms with E-state index in [9.17, 15) is 50.6 Å². The highest BCUT2D eigenvalue weighted by molar-refractivity contribution is 5.88. The molecule has 0 aliphatic carbocycles. The lowest BCUT2D eigenvalue weighted by Gasteiger charge is -2.47. The first-order chi connectivity index (χ1) is 37.6. The van der Waals surface area contributed by atoms with Gasteiger partial charge in [0.1, 0.15) is 23.5 Å². The van der Waals surface area contributed by atoms with E-state index in [0.29, 0.717) is 67.5 Å². The average Bonchev–Trinajstić information content (AvgIpc) is 3.77. The number of hydrogen-bond donors (Lipinski definition) is 3. The van der Waals surface area contributed by atoms with Gasteiger partial charge in [0, 0.05) is 79.3 Å². The summed E-state index contributed by atoms with van der Waals surface area (Å²) in [5.41, 5.74) is -1.97.